The fraction of sp³-hybridized carbons (Fsp3) is 0.167. The number of halogens is 2. The molecule has 0 aliphatic rings. The predicted octanol–water partition coefficient (Wildman–Crippen LogP) is 3.02. The summed E-state index contributed by atoms with van der Waals surface area (Å²) >= 11 is 11.9. The van der Waals surface area contributed by atoms with Crippen LogP contribution in [0.1, 0.15) is 5.56 Å². The number of hydrogen-bond donors (Lipinski definition) is 2. The van der Waals surface area contributed by atoms with Crippen LogP contribution in [0, 0.1) is 0 Å². The number of nitrogens with two attached hydrogens (primary N) is 1. The third kappa shape index (κ3) is 3.48. The van der Waals surface area contributed by atoms with Crippen molar-refractivity contribution in [2.45, 2.75) is 6.42 Å². The quantitative estimate of drug-likeness (QED) is 0.905. The Balaban J connectivity index is 1.92. The highest BCUT2D eigenvalue weighted by molar-refractivity contribution is 6.35. The van der Waals surface area contributed by atoms with Crippen LogP contribution >= 0.6 is 23.2 Å². The van der Waals surface area contributed by atoms with Crippen LogP contribution in [-0.2, 0) is 6.42 Å². The maximum atomic E-state index is 6.07. The van der Waals surface area contributed by atoms with Gasteiger partial charge in [0.25, 0.3) is 0 Å². The summed E-state index contributed by atoms with van der Waals surface area (Å²) in [5.74, 6) is 0.956. The van der Waals surface area contributed by atoms with E-state index in [-0.39, 0.29) is 0 Å². The van der Waals surface area contributed by atoms with Gasteiger partial charge in [-0.25, -0.2) is 4.98 Å². The minimum atomic E-state index is 0.442. The van der Waals surface area contributed by atoms with Gasteiger partial charge in [0.15, 0.2) is 0 Å². The molecule has 3 N–H and O–H groups in total. The molecule has 0 aliphatic heterocycles. The molecule has 0 aliphatic carbocycles. The largest absolute Gasteiger partial charge is 0.384 e. The summed E-state index contributed by atoms with van der Waals surface area (Å²) < 4.78 is 0. The van der Waals surface area contributed by atoms with Gasteiger partial charge >= 0.3 is 0 Å². The van der Waals surface area contributed by atoms with E-state index in [4.69, 9.17) is 28.9 Å². The molecule has 4 nitrogen and oxygen atoms in total. The molecule has 1 aromatic carbocycles. The molecule has 0 bridgehead atoms. The van der Waals surface area contributed by atoms with Crippen molar-refractivity contribution in [3.8, 4) is 0 Å². The number of rotatable bonds is 4. The van der Waals surface area contributed by atoms with Crippen molar-refractivity contribution in [1.82, 2.24) is 9.97 Å². The van der Waals surface area contributed by atoms with Crippen molar-refractivity contribution in [2.75, 3.05) is 17.6 Å². The van der Waals surface area contributed by atoms with E-state index in [0.29, 0.717) is 28.4 Å². The first-order valence-electron chi connectivity index (χ1n) is 5.41. The van der Waals surface area contributed by atoms with E-state index in [0.717, 1.165) is 12.0 Å². The summed E-state index contributed by atoms with van der Waals surface area (Å²) in [7, 11) is 0. The molecule has 2 aromatic rings. The summed E-state index contributed by atoms with van der Waals surface area (Å²) in [4.78, 5) is 8.09. The SMILES string of the molecule is Nc1ccnc(NCCc2ccc(Cl)cc2Cl)n1. The lowest BCUT2D eigenvalue weighted by Crippen LogP contribution is -2.08. The zero-order valence-corrected chi connectivity index (χ0v) is 11.0. The van der Waals surface area contributed by atoms with Crippen molar-refractivity contribution >= 4 is 35.0 Å². The van der Waals surface area contributed by atoms with E-state index in [2.05, 4.69) is 15.3 Å². The minimum absolute atomic E-state index is 0.442. The average Bonchev–Trinajstić information content (AvgIpc) is 2.32. The van der Waals surface area contributed by atoms with E-state index in [1.165, 1.54) is 0 Å². The molecule has 1 heterocycles. The highest BCUT2D eigenvalue weighted by Gasteiger charge is 2.02. The van der Waals surface area contributed by atoms with Crippen LogP contribution in [0.25, 0.3) is 0 Å². The normalized spacial score (nSPS) is 10.3. The van der Waals surface area contributed by atoms with Gasteiger partial charge in [-0.1, -0.05) is 29.3 Å². The number of aromatic nitrogens is 2. The molecule has 0 unspecified atom stereocenters. The van der Waals surface area contributed by atoms with Crippen molar-refractivity contribution in [2.24, 2.45) is 0 Å². The van der Waals surface area contributed by atoms with Crippen molar-refractivity contribution in [1.29, 1.82) is 0 Å². The number of anilines is 2. The molecular weight excluding hydrogens is 271 g/mol. The Hall–Kier alpha value is -1.52. The van der Waals surface area contributed by atoms with E-state index in [1.54, 1.807) is 18.3 Å². The maximum Gasteiger partial charge on any atom is 0.224 e. The molecule has 2 rings (SSSR count). The van der Waals surface area contributed by atoms with Gasteiger partial charge in [0, 0.05) is 22.8 Å². The van der Waals surface area contributed by atoms with E-state index in [1.807, 2.05) is 12.1 Å². The highest BCUT2D eigenvalue weighted by atomic mass is 35.5. The van der Waals surface area contributed by atoms with Crippen LogP contribution in [0.2, 0.25) is 10.0 Å². The monoisotopic (exact) mass is 282 g/mol. The Morgan fingerprint density at radius 1 is 1.22 bits per heavy atom. The minimum Gasteiger partial charge on any atom is -0.384 e. The molecule has 1 aromatic heterocycles. The zero-order valence-electron chi connectivity index (χ0n) is 9.53. The molecule has 0 amide bonds. The van der Waals surface area contributed by atoms with Gasteiger partial charge < -0.3 is 11.1 Å². The summed E-state index contributed by atoms with van der Waals surface area (Å²) in [5, 5.41) is 4.38. The van der Waals surface area contributed by atoms with Crippen molar-refractivity contribution in [3.63, 3.8) is 0 Å². The summed E-state index contributed by atoms with van der Waals surface area (Å²) in [6.45, 7) is 0.671. The van der Waals surface area contributed by atoms with E-state index >= 15 is 0 Å². The third-order valence-electron chi connectivity index (χ3n) is 2.37. The molecule has 0 fully saturated rings. The number of nitrogen functional groups attached to an aromatic ring is 1. The van der Waals surface area contributed by atoms with Crippen LogP contribution in [0.3, 0.4) is 0 Å². The maximum absolute atomic E-state index is 6.07. The second kappa shape index (κ2) is 5.89. The van der Waals surface area contributed by atoms with Crippen molar-refractivity contribution < 1.29 is 0 Å². The Bertz CT molecular complexity index is 545. The fourth-order valence-electron chi connectivity index (χ4n) is 1.49. The Labute approximate surface area is 115 Å². The first-order valence-corrected chi connectivity index (χ1v) is 6.17. The lowest BCUT2D eigenvalue weighted by atomic mass is 10.1. The summed E-state index contributed by atoms with van der Waals surface area (Å²) in [6.07, 6.45) is 2.37. The van der Waals surface area contributed by atoms with Crippen LogP contribution in [0.15, 0.2) is 30.5 Å². The molecule has 18 heavy (non-hydrogen) atoms. The lowest BCUT2D eigenvalue weighted by molar-refractivity contribution is 0.986. The first-order chi connectivity index (χ1) is 8.65. The molecule has 0 spiro atoms. The van der Waals surface area contributed by atoms with Gasteiger partial charge in [-0.05, 0) is 30.2 Å². The molecule has 0 saturated heterocycles. The molecular formula is C12H12Cl2N4. The van der Waals surface area contributed by atoms with E-state index < -0.39 is 0 Å². The standard InChI is InChI=1S/C12H12Cl2N4/c13-9-2-1-8(10(14)7-9)3-5-16-12-17-6-4-11(15)18-12/h1-2,4,6-7H,3,5H2,(H3,15,16,17,18). The number of hydrogen-bond acceptors (Lipinski definition) is 4. The molecule has 0 radical (unpaired) electrons. The number of benzene rings is 1. The van der Waals surface area contributed by atoms with Gasteiger partial charge in [0.1, 0.15) is 5.82 Å². The van der Waals surface area contributed by atoms with Gasteiger partial charge in [0.2, 0.25) is 5.95 Å². The van der Waals surface area contributed by atoms with Crippen LogP contribution in [-0.4, -0.2) is 16.5 Å². The van der Waals surface area contributed by atoms with Crippen molar-refractivity contribution in [3.05, 3.63) is 46.1 Å². The van der Waals surface area contributed by atoms with Crippen LogP contribution in [0.5, 0.6) is 0 Å². The first kappa shape index (κ1) is 12.9. The highest BCUT2D eigenvalue weighted by Crippen LogP contribution is 2.21. The van der Waals surface area contributed by atoms with Gasteiger partial charge in [-0.15, -0.1) is 0 Å². The summed E-state index contributed by atoms with van der Waals surface area (Å²) in [5.41, 5.74) is 6.58. The Morgan fingerprint density at radius 2 is 2.06 bits per heavy atom. The second-order valence-corrected chi connectivity index (χ2v) is 4.56. The number of nitrogens with one attached hydrogen (secondary N) is 1. The van der Waals surface area contributed by atoms with Gasteiger partial charge in [-0.3, -0.25) is 0 Å². The van der Waals surface area contributed by atoms with Gasteiger partial charge in [-0.2, -0.15) is 4.98 Å². The Morgan fingerprint density at radius 3 is 2.78 bits per heavy atom. The average molecular weight is 283 g/mol. The lowest BCUT2D eigenvalue weighted by Gasteiger charge is -2.06. The molecule has 0 saturated carbocycles. The zero-order chi connectivity index (χ0) is 13.0. The smallest absolute Gasteiger partial charge is 0.224 e. The van der Waals surface area contributed by atoms with E-state index in [9.17, 15) is 0 Å². The second-order valence-electron chi connectivity index (χ2n) is 3.72. The Kier molecular flexibility index (Phi) is 4.23. The third-order valence-corrected chi connectivity index (χ3v) is 2.96. The van der Waals surface area contributed by atoms with Crippen LogP contribution in [0.4, 0.5) is 11.8 Å². The fourth-order valence-corrected chi connectivity index (χ4v) is 1.99. The van der Waals surface area contributed by atoms with Crippen LogP contribution < -0.4 is 11.1 Å². The van der Waals surface area contributed by atoms with Gasteiger partial charge in [0.05, 0.1) is 0 Å². The number of nitrogens with zero attached hydrogens (tertiary/aromatic N) is 2. The molecule has 6 heteroatoms. The topological polar surface area (TPSA) is 63.8 Å². The molecule has 0 atom stereocenters. The summed E-state index contributed by atoms with van der Waals surface area (Å²) in [6, 6.07) is 7.10. The predicted molar refractivity (Wildman–Crippen MR) is 75.1 cm³/mol. The molecule has 94 valence electrons.